The Kier molecular flexibility index (Phi) is 3.49. The minimum Gasteiger partial charge on any atom is -0.352 e. The first-order valence-electron chi connectivity index (χ1n) is 7.74. The van der Waals surface area contributed by atoms with Crippen molar-refractivity contribution in [2.75, 3.05) is 13.1 Å². The summed E-state index contributed by atoms with van der Waals surface area (Å²) in [5.41, 5.74) is 16.1. The number of rotatable bonds is 3. The third-order valence-electron chi connectivity index (χ3n) is 4.47. The molecule has 5 nitrogen and oxygen atoms in total. The number of benzene rings is 2. The molecule has 0 amide bonds. The second-order valence-electron chi connectivity index (χ2n) is 5.78. The van der Waals surface area contributed by atoms with Crippen molar-refractivity contribution in [1.29, 1.82) is 0 Å². The fourth-order valence-corrected chi connectivity index (χ4v) is 3.46. The Morgan fingerprint density at radius 2 is 1.79 bits per heavy atom. The lowest BCUT2D eigenvalue weighted by Gasteiger charge is -2.35. The maximum Gasteiger partial charge on any atom is 0.258 e. The molecule has 2 aliphatic heterocycles. The van der Waals surface area contributed by atoms with E-state index in [1.54, 1.807) is 6.21 Å². The molecule has 0 saturated carbocycles. The summed E-state index contributed by atoms with van der Waals surface area (Å²) in [5, 5.41) is 0.680. The van der Waals surface area contributed by atoms with Crippen molar-refractivity contribution >= 4 is 40.7 Å². The molecule has 0 fully saturated rings. The van der Waals surface area contributed by atoms with Crippen LogP contribution in [0.5, 0.6) is 0 Å². The van der Waals surface area contributed by atoms with Crippen molar-refractivity contribution in [3.05, 3.63) is 64.9 Å². The first-order valence-corrected chi connectivity index (χ1v) is 8.12. The summed E-state index contributed by atoms with van der Waals surface area (Å²) < 4.78 is 0.328. The predicted molar refractivity (Wildman–Crippen MR) is 100 cm³/mol. The van der Waals surface area contributed by atoms with E-state index in [-0.39, 0.29) is 0 Å². The van der Waals surface area contributed by atoms with E-state index in [1.807, 2.05) is 48.5 Å². The van der Waals surface area contributed by atoms with Crippen LogP contribution in [0.15, 0.2) is 64.3 Å². The van der Waals surface area contributed by atoms with Gasteiger partial charge in [-0.05, 0) is 18.2 Å². The van der Waals surface area contributed by atoms with Crippen LogP contribution in [0.2, 0.25) is 5.02 Å². The van der Waals surface area contributed by atoms with Crippen LogP contribution < -0.4 is 16.0 Å². The zero-order chi connectivity index (χ0) is 16.7. The lowest BCUT2D eigenvalue weighted by molar-refractivity contribution is 0.515. The normalized spacial score (nSPS) is 21.5. The summed E-state index contributed by atoms with van der Waals surface area (Å²) >= 11 is 6.00. The first-order chi connectivity index (χ1) is 11.7. The molecule has 0 spiro atoms. The Morgan fingerprint density at radius 1 is 1.04 bits per heavy atom. The van der Waals surface area contributed by atoms with E-state index in [0.717, 1.165) is 28.5 Å². The monoisotopic (exact) mass is 338 g/mol. The lowest BCUT2D eigenvalue weighted by Crippen LogP contribution is -2.57. The van der Waals surface area contributed by atoms with Crippen molar-refractivity contribution in [1.82, 2.24) is 4.48 Å². The molecule has 0 radical (unpaired) electrons. The Bertz CT molecular complexity index is 898. The van der Waals surface area contributed by atoms with Crippen molar-refractivity contribution in [3.63, 3.8) is 0 Å². The molecule has 120 valence electrons. The van der Waals surface area contributed by atoms with E-state index in [1.165, 1.54) is 0 Å². The third kappa shape index (κ3) is 2.03. The molecule has 2 heterocycles. The number of hydrogen-bond acceptors (Lipinski definition) is 4. The minimum absolute atomic E-state index is 0.328. The number of amidine groups is 1. The third-order valence-corrected chi connectivity index (χ3v) is 4.72. The molecule has 2 aliphatic rings. The molecule has 2 aromatic rings. The smallest absolute Gasteiger partial charge is 0.258 e. The van der Waals surface area contributed by atoms with Gasteiger partial charge in [-0.2, -0.15) is 9.48 Å². The molecule has 1 atom stereocenters. The van der Waals surface area contributed by atoms with Crippen molar-refractivity contribution < 1.29 is 0 Å². The molecule has 0 bridgehead atoms. The molecule has 24 heavy (non-hydrogen) atoms. The van der Waals surface area contributed by atoms with E-state index < -0.39 is 0 Å². The van der Waals surface area contributed by atoms with Crippen molar-refractivity contribution in [2.24, 2.45) is 21.5 Å². The van der Waals surface area contributed by atoms with Gasteiger partial charge < -0.3 is 11.5 Å². The lowest BCUT2D eigenvalue weighted by atomic mass is 10.1. The van der Waals surface area contributed by atoms with Crippen molar-refractivity contribution in [2.45, 2.75) is 0 Å². The fraction of sp³-hybridized carbons (Fsp3) is 0.111. The molecule has 0 aromatic heterocycles. The standard InChI is InChI=1S/C18H17ClN5/c19-13-7-5-12(6-8-13)17-18(21)24(10-9-20)15-4-2-1-3-14(15)22-11-16(24)23-17/h1-8,11H,9-10,20-21H2/q+1. The van der Waals surface area contributed by atoms with Gasteiger partial charge in [-0.3, -0.25) is 0 Å². The first kappa shape index (κ1) is 15.1. The Balaban J connectivity index is 1.95. The number of hydrogen-bond donors (Lipinski definition) is 2. The second-order valence-corrected chi connectivity index (χ2v) is 6.22. The van der Waals surface area contributed by atoms with E-state index >= 15 is 0 Å². The number of nitrogens with two attached hydrogens (primary N) is 2. The molecule has 1 unspecified atom stereocenters. The number of quaternary nitrogens is 1. The molecule has 0 saturated heterocycles. The minimum atomic E-state index is 0.328. The van der Waals surface area contributed by atoms with E-state index in [0.29, 0.717) is 28.4 Å². The van der Waals surface area contributed by atoms with Crippen LogP contribution in [0, 0.1) is 0 Å². The van der Waals surface area contributed by atoms with Gasteiger partial charge in [0.15, 0.2) is 11.4 Å². The molecule has 4 rings (SSSR count). The second kappa shape index (κ2) is 5.56. The number of aliphatic imine (C=N–C) groups is 2. The highest BCUT2D eigenvalue weighted by molar-refractivity contribution is 6.38. The summed E-state index contributed by atoms with van der Waals surface area (Å²) in [5.74, 6) is 1.46. The number of para-hydroxylation sites is 2. The van der Waals surface area contributed by atoms with Gasteiger partial charge in [0, 0.05) is 23.2 Å². The van der Waals surface area contributed by atoms with E-state index in [9.17, 15) is 0 Å². The van der Waals surface area contributed by atoms with Crippen LogP contribution in [0.3, 0.4) is 0 Å². The average Bonchev–Trinajstić information content (AvgIpc) is 2.89. The summed E-state index contributed by atoms with van der Waals surface area (Å²) in [6, 6.07) is 15.5. The van der Waals surface area contributed by atoms with Gasteiger partial charge >= 0.3 is 0 Å². The summed E-state index contributed by atoms with van der Waals surface area (Å²) in [7, 11) is 0. The average molecular weight is 339 g/mol. The van der Waals surface area contributed by atoms with Gasteiger partial charge in [0.25, 0.3) is 5.84 Å². The molecular weight excluding hydrogens is 322 g/mol. The topological polar surface area (TPSA) is 76.8 Å². The summed E-state index contributed by atoms with van der Waals surface area (Å²) in [6.07, 6.45) is 1.79. The molecule has 2 aromatic carbocycles. The van der Waals surface area contributed by atoms with Gasteiger partial charge in [-0.15, -0.1) is 0 Å². The molecule has 4 N–H and O–H groups in total. The Morgan fingerprint density at radius 3 is 2.54 bits per heavy atom. The van der Waals surface area contributed by atoms with Gasteiger partial charge in [0.2, 0.25) is 5.82 Å². The molecule has 6 heteroatoms. The van der Waals surface area contributed by atoms with E-state index in [2.05, 4.69) is 4.99 Å². The van der Waals surface area contributed by atoms with Gasteiger partial charge in [-0.1, -0.05) is 35.9 Å². The quantitative estimate of drug-likeness (QED) is 0.844. The van der Waals surface area contributed by atoms with Crippen LogP contribution in [-0.2, 0) is 0 Å². The van der Waals surface area contributed by atoms with Crippen molar-refractivity contribution in [3.8, 4) is 0 Å². The highest BCUT2D eigenvalue weighted by Crippen LogP contribution is 2.44. The predicted octanol–water partition coefficient (Wildman–Crippen LogP) is 3.02. The largest absolute Gasteiger partial charge is 0.352 e. The van der Waals surface area contributed by atoms with Gasteiger partial charge in [0.05, 0.1) is 0 Å². The Labute approximate surface area is 145 Å². The zero-order valence-electron chi connectivity index (χ0n) is 13.0. The van der Waals surface area contributed by atoms with Crippen LogP contribution in [0.4, 0.5) is 11.4 Å². The zero-order valence-corrected chi connectivity index (χ0v) is 13.7. The Hall–Kier alpha value is -2.47. The van der Waals surface area contributed by atoms with Gasteiger partial charge in [0.1, 0.15) is 18.4 Å². The van der Waals surface area contributed by atoms with Crippen LogP contribution in [0.1, 0.15) is 5.56 Å². The summed E-state index contributed by atoms with van der Waals surface area (Å²) in [4.78, 5) is 9.30. The van der Waals surface area contributed by atoms with Crippen LogP contribution in [0.25, 0.3) is 5.70 Å². The number of fused-ring (bicyclic) bond motifs is 3. The highest BCUT2D eigenvalue weighted by atomic mass is 35.5. The highest BCUT2D eigenvalue weighted by Gasteiger charge is 2.49. The fourth-order valence-electron chi connectivity index (χ4n) is 3.33. The number of halogens is 1. The van der Waals surface area contributed by atoms with Crippen LogP contribution in [-0.4, -0.2) is 25.1 Å². The maximum atomic E-state index is 6.63. The molecule has 0 aliphatic carbocycles. The van der Waals surface area contributed by atoms with Crippen LogP contribution >= 0.6 is 11.6 Å². The maximum absolute atomic E-state index is 6.63. The summed E-state index contributed by atoms with van der Waals surface area (Å²) in [6.45, 7) is 1.11. The SMILES string of the molecule is NCC[N+]12C(=NC(c3ccc(Cl)cc3)=C1N)C=Nc1ccccc12. The molecular formula is C18H17ClN5+. The van der Waals surface area contributed by atoms with Gasteiger partial charge in [-0.25, -0.2) is 4.99 Å². The number of nitrogens with zero attached hydrogens (tertiary/aromatic N) is 3. The van der Waals surface area contributed by atoms with E-state index in [4.69, 9.17) is 28.1 Å².